The summed E-state index contributed by atoms with van der Waals surface area (Å²) in [5.74, 6) is 0. The molecular formula is C6AlCl5+2. The van der Waals surface area contributed by atoms with E-state index in [2.05, 4.69) is 16.3 Å². The molecule has 0 saturated heterocycles. The average molecular weight is 276 g/mol. The van der Waals surface area contributed by atoms with Crippen molar-refractivity contribution < 1.29 is 0 Å². The maximum absolute atomic E-state index is 5.78. The molecule has 0 aliphatic rings. The van der Waals surface area contributed by atoms with Gasteiger partial charge in [0.25, 0.3) is 0 Å². The van der Waals surface area contributed by atoms with Gasteiger partial charge < -0.3 is 0 Å². The Hall–Kier alpha value is 1.20. The maximum atomic E-state index is 5.78. The predicted molar refractivity (Wildman–Crippen MR) is 56.9 cm³/mol. The molecule has 0 aliphatic heterocycles. The number of rotatable bonds is 0. The van der Waals surface area contributed by atoms with Gasteiger partial charge in [0.05, 0.1) is 0 Å². The Morgan fingerprint density at radius 2 is 0.833 bits per heavy atom. The van der Waals surface area contributed by atoms with Crippen LogP contribution in [0.3, 0.4) is 0 Å². The Labute approximate surface area is 103 Å². The van der Waals surface area contributed by atoms with Gasteiger partial charge in [0.1, 0.15) is 0 Å². The molecule has 0 radical (unpaired) electrons. The van der Waals surface area contributed by atoms with Crippen LogP contribution in [0.4, 0.5) is 0 Å². The van der Waals surface area contributed by atoms with Gasteiger partial charge in [-0.1, -0.05) is 0 Å². The molecule has 0 fully saturated rings. The van der Waals surface area contributed by atoms with Crippen LogP contribution in [0.15, 0.2) is 0 Å². The second-order valence-electron chi connectivity index (χ2n) is 1.98. The normalized spacial score (nSPS) is 10.6. The Bertz CT molecular complexity index is 230. The van der Waals surface area contributed by atoms with E-state index in [4.69, 9.17) is 58.0 Å². The molecule has 0 bridgehead atoms. The van der Waals surface area contributed by atoms with Crippen LogP contribution in [-0.2, 0) is 0 Å². The molecule has 1 aromatic rings. The van der Waals surface area contributed by atoms with Gasteiger partial charge in [-0.2, -0.15) is 0 Å². The van der Waals surface area contributed by atoms with Crippen molar-refractivity contribution in [2.24, 2.45) is 0 Å². The number of hydrogen-bond acceptors (Lipinski definition) is 0. The second-order valence-corrected chi connectivity index (χ2v) is 4.45. The fourth-order valence-electron chi connectivity index (χ4n) is 0.622. The van der Waals surface area contributed by atoms with E-state index in [1.165, 1.54) is 0 Å². The van der Waals surface area contributed by atoms with E-state index in [1.54, 1.807) is 0 Å². The van der Waals surface area contributed by atoms with Gasteiger partial charge in [-0.05, 0) is 0 Å². The summed E-state index contributed by atoms with van der Waals surface area (Å²) < 4.78 is 0.553. The topological polar surface area (TPSA) is 0 Å². The first-order valence-corrected chi connectivity index (χ1v) is 5.20. The Balaban J connectivity index is 3.60. The van der Waals surface area contributed by atoms with Gasteiger partial charge in [0, 0.05) is 0 Å². The zero-order valence-electron chi connectivity index (χ0n) is 5.47. The summed E-state index contributed by atoms with van der Waals surface area (Å²) >= 11 is 31.1. The van der Waals surface area contributed by atoms with Crippen LogP contribution in [0.2, 0.25) is 25.1 Å². The van der Waals surface area contributed by atoms with E-state index in [9.17, 15) is 0 Å². The molecule has 0 spiro atoms. The molecule has 0 nitrogen and oxygen atoms in total. The van der Waals surface area contributed by atoms with Crippen molar-refractivity contribution in [3.8, 4) is 0 Å². The van der Waals surface area contributed by atoms with Crippen molar-refractivity contribution in [1.82, 2.24) is 0 Å². The Kier molecular flexibility index (Phi) is 3.90. The number of halogens is 5. The molecule has 0 aliphatic carbocycles. The summed E-state index contributed by atoms with van der Waals surface area (Å²) in [4.78, 5) is 0. The van der Waals surface area contributed by atoms with Crippen molar-refractivity contribution in [2.75, 3.05) is 0 Å². The van der Waals surface area contributed by atoms with Crippen molar-refractivity contribution in [3.05, 3.63) is 25.1 Å². The first kappa shape index (κ1) is 11.3. The summed E-state index contributed by atoms with van der Waals surface area (Å²) in [6.45, 7) is 0. The van der Waals surface area contributed by atoms with Gasteiger partial charge in [0.2, 0.25) is 0 Å². The van der Waals surface area contributed by atoms with Gasteiger partial charge in [0.15, 0.2) is 0 Å². The SMILES string of the molecule is [Al+2][c]1c(Cl)c(Cl)c(Cl)c(Cl)c1Cl. The molecule has 1 rings (SSSR count). The molecule has 60 valence electrons. The zero-order chi connectivity index (χ0) is 9.46. The van der Waals surface area contributed by atoms with Crippen LogP contribution in [0.5, 0.6) is 0 Å². The minimum atomic E-state index is 0.180. The van der Waals surface area contributed by atoms with Gasteiger partial charge in [-0.3, -0.25) is 0 Å². The molecule has 0 heterocycles. The summed E-state index contributed by atoms with van der Waals surface area (Å²) in [6.07, 6.45) is 0. The van der Waals surface area contributed by atoms with Crippen LogP contribution in [0, 0.1) is 0 Å². The van der Waals surface area contributed by atoms with Crippen LogP contribution < -0.4 is 4.43 Å². The summed E-state index contributed by atoms with van der Waals surface area (Å²) in [7, 11) is 0. The van der Waals surface area contributed by atoms with Crippen molar-refractivity contribution >= 4 is 78.7 Å². The second kappa shape index (κ2) is 4.15. The molecule has 1 aromatic carbocycles. The van der Waals surface area contributed by atoms with Crippen molar-refractivity contribution in [1.29, 1.82) is 0 Å². The fraction of sp³-hybridized carbons (Fsp3) is 0. The average Bonchev–Trinajstić information content (AvgIpc) is 2.08. The number of benzene rings is 1. The van der Waals surface area contributed by atoms with E-state index in [0.29, 0.717) is 14.5 Å². The first-order chi connectivity index (χ1) is 5.46. The first-order valence-electron chi connectivity index (χ1n) is 2.73. The zero-order valence-corrected chi connectivity index (χ0v) is 10.4. The van der Waals surface area contributed by atoms with Crippen LogP contribution >= 0.6 is 58.0 Å². The molecular weight excluding hydrogens is 276 g/mol. The van der Waals surface area contributed by atoms with Crippen LogP contribution in [0.1, 0.15) is 0 Å². The molecule has 0 amide bonds. The number of hydrogen-bond donors (Lipinski definition) is 0. The van der Waals surface area contributed by atoms with E-state index < -0.39 is 0 Å². The predicted octanol–water partition coefficient (Wildman–Crippen LogP) is 3.75. The van der Waals surface area contributed by atoms with Crippen molar-refractivity contribution in [2.45, 2.75) is 0 Å². The molecule has 0 unspecified atom stereocenters. The summed E-state index contributed by atoms with van der Waals surface area (Å²) in [6, 6.07) is 0. The van der Waals surface area contributed by atoms with Crippen molar-refractivity contribution in [3.63, 3.8) is 0 Å². The molecule has 6 heteroatoms. The Morgan fingerprint density at radius 1 is 0.583 bits per heavy atom. The molecule has 0 atom stereocenters. The summed E-state index contributed by atoms with van der Waals surface area (Å²) in [5, 5.41) is 1.23. The third-order valence-electron chi connectivity index (χ3n) is 1.24. The molecule has 0 saturated carbocycles. The van der Waals surface area contributed by atoms with E-state index >= 15 is 0 Å². The molecule has 0 aromatic heterocycles. The standard InChI is InChI=1S/C6Cl5.Al/c7-2-1-3(8)5(10)6(11)4(2)9;/q;+2. The van der Waals surface area contributed by atoms with E-state index in [1.807, 2.05) is 0 Å². The Morgan fingerprint density at radius 3 is 1.17 bits per heavy atom. The monoisotopic (exact) mass is 274 g/mol. The van der Waals surface area contributed by atoms with Gasteiger partial charge in [-0.25, -0.2) is 0 Å². The molecule has 0 N–H and O–H groups in total. The minimum absolute atomic E-state index is 0.180. The van der Waals surface area contributed by atoms with E-state index in [-0.39, 0.29) is 15.1 Å². The van der Waals surface area contributed by atoms with Crippen LogP contribution in [0.25, 0.3) is 0 Å². The van der Waals surface area contributed by atoms with Gasteiger partial charge in [-0.15, -0.1) is 0 Å². The summed E-state index contributed by atoms with van der Waals surface area (Å²) in [5.41, 5.74) is 0. The van der Waals surface area contributed by atoms with Crippen LogP contribution in [-0.4, -0.2) is 16.3 Å². The third kappa shape index (κ3) is 1.84. The molecule has 12 heavy (non-hydrogen) atoms. The quantitative estimate of drug-likeness (QED) is 0.384. The van der Waals surface area contributed by atoms with Gasteiger partial charge >= 0.3 is 104 Å². The van der Waals surface area contributed by atoms with E-state index in [0.717, 1.165) is 0 Å². The third-order valence-corrected chi connectivity index (χ3v) is 4.49. The fourth-order valence-corrected chi connectivity index (χ4v) is 2.25.